The number of pyridine rings is 1. The van der Waals surface area contributed by atoms with Crippen LogP contribution in [0.5, 0.6) is 0 Å². The first-order chi connectivity index (χ1) is 8.18. The Morgan fingerprint density at radius 2 is 2.00 bits per heavy atom. The molecular formula is C11H12ClN5. The number of hydrogen-bond donors (Lipinski definition) is 2. The average molecular weight is 250 g/mol. The molecule has 0 aromatic carbocycles. The summed E-state index contributed by atoms with van der Waals surface area (Å²) in [5.74, 6) is 0.801. The summed E-state index contributed by atoms with van der Waals surface area (Å²) in [4.78, 5) is 11.8. The van der Waals surface area contributed by atoms with Gasteiger partial charge in [-0.2, -0.15) is 0 Å². The first-order valence-electron chi connectivity index (χ1n) is 5.11. The third kappa shape index (κ3) is 2.62. The summed E-state index contributed by atoms with van der Waals surface area (Å²) in [7, 11) is 0. The van der Waals surface area contributed by atoms with Gasteiger partial charge in [-0.1, -0.05) is 11.6 Å². The molecule has 0 aliphatic heterocycles. The summed E-state index contributed by atoms with van der Waals surface area (Å²) in [6.07, 6.45) is 4.86. The predicted octanol–water partition coefficient (Wildman–Crippen LogP) is 2.28. The van der Waals surface area contributed by atoms with E-state index in [9.17, 15) is 0 Å². The summed E-state index contributed by atoms with van der Waals surface area (Å²) in [6.45, 7) is 2.00. The molecule has 0 saturated carbocycles. The Bertz CT molecular complexity index is 502. The van der Waals surface area contributed by atoms with Crippen molar-refractivity contribution in [2.45, 2.75) is 13.0 Å². The second-order valence-corrected chi connectivity index (χ2v) is 3.95. The molecule has 2 rings (SSSR count). The van der Waals surface area contributed by atoms with Crippen LogP contribution in [0.15, 0.2) is 30.9 Å². The minimum Gasteiger partial charge on any atom is -0.382 e. The Morgan fingerprint density at radius 3 is 2.71 bits per heavy atom. The maximum atomic E-state index is 6.00. The number of aromatic nitrogens is 3. The van der Waals surface area contributed by atoms with E-state index in [2.05, 4.69) is 20.3 Å². The molecule has 1 atom stereocenters. The lowest BCUT2D eigenvalue weighted by Crippen LogP contribution is -2.09. The zero-order valence-electron chi connectivity index (χ0n) is 9.26. The molecule has 0 radical (unpaired) electrons. The summed E-state index contributed by atoms with van der Waals surface area (Å²) in [6, 6.07) is 3.91. The van der Waals surface area contributed by atoms with E-state index in [1.807, 2.05) is 19.1 Å². The molecule has 2 aromatic rings. The van der Waals surface area contributed by atoms with Crippen LogP contribution >= 0.6 is 11.6 Å². The van der Waals surface area contributed by atoms with Crippen molar-refractivity contribution in [3.05, 3.63) is 41.4 Å². The van der Waals surface area contributed by atoms with Gasteiger partial charge in [-0.25, -0.2) is 9.97 Å². The van der Waals surface area contributed by atoms with Gasteiger partial charge in [-0.3, -0.25) is 4.98 Å². The minimum atomic E-state index is 0.0600. The van der Waals surface area contributed by atoms with Crippen molar-refractivity contribution < 1.29 is 0 Å². The molecule has 5 nitrogen and oxygen atoms in total. The Kier molecular flexibility index (Phi) is 3.39. The first kappa shape index (κ1) is 11.6. The molecular weight excluding hydrogens is 238 g/mol. The van der Waals surface area contributed by atoms with Gasteiger partial charge in [-0.05, 0) is 24.6 Å². The van der Waals surface area contributed by atoms with E-state index in [-0.39, 0.29) is 11.9 Å². The largest absolute Gasteiger partial charge is 0.382 e. The van der Waals surface area contributed by atoms with Gasteiger partial charge in [0.2, 0.25) is 0 Å². The number of halogens is 1. The molecule has 0 aliphatic rings. The monoisotopic (exact) mass is 249 g/mol. The molecule has 0 saturated heterocycles. The van der Waals surface area contributed by atoms with E-state index >= 15 is 0 Å². The minimum absolute atomic E-state index is 0.0600. The van der Waals surface area contributed by atoms with Crippen LogP contribution in [0.4, 0.5) is 11.6 Å². The molecule has 88 valence electrons. The number of nitrogens with one attached hydrogen (secondary N) is 1. The molecule has 3 N–H and O–H groups in total. The molecule has 2 heterocycles. The third-order valence-electron chi connectivity index (χ3n) is 2.38. The molecule has 0 spiro atoms. The Hall–Kier alpha value is -1.88. The van der Waals surface area contributed by atoms with Crippen molar-refractivity contribution >= 4 is 23.2 Å². The van der Waals surface area contributed by atoms with Crippen molar-refractivity contribution in [3.8, 4) is 0 Å². The van der Waals surface area contributed by atoms with E-state index in [1.54, 1.807) is 12.4 Å². The van der Waals surface area contributed by atoms with E-state index in [4.69, 9.17) is 17.3 Å². The normalized spacial score (nSPS) is 12.1. The summed E-state index contributed by atoms with van der Waals surface area (Å²) < 4.78 is 0. The number of nitrogen functional groups attached to an aromatic ring is 1. The second-order valence-electron chi connectivity index (χ2n) is 3.57. The SMILES string of the molecule is C[C@@H](Nc1ncnc(N)c1Cl)c1ccncc1. The summed E-state index contributed by atoms with van der Waals surface area (Å²) in [5, 5.41) is 3.52. The van der Waals surface area contributed by atoms with E-state index in [0.717, 1.165) is 5.56 Å². The molecule has 2 aromatic heterocycles. The summed E-state index contributed by atoms with van der Waals surface area (Å²) >= 11 is 6.00. The van der Waals surface area contributed by atoms with Gasteiger partial charge in [0.1, 0.15) is 17.2 Å². The maximum absolute atomic E-state index is 6.00. The topological polar surface area (TPSA) is 76.7 Å². The fourth-order valence-corrected chi connectivity index (χ4v) is 1.58. The predicted molar refractivity (Wildman–Crippen MR) is 67.7 cm³/mol. The average Bonchev–Trinajstić information content (AvgIpc) is 2.36. The number of anilines is 2. The molecule has 0 aliphatic carbocycles. The number of rotatable bonds is 3. The number of nitrogens with two attached hydrogens (primary N) is 1. The van der Waals surface area contributed by atoms with Crippen LogP contribution in [0.25, 0.3) is 0 Å². The zero-order valence-corrected chi connectivity index (χ0v) is 10.0. The molecule has 0 unspecified atom stereocenters. The van der Waals surface area contributed by atoms with Gasteiger partial charge in [0.25, 0.3) is 0 Å². The van der Waals surface area contributed by atoms with Crippen molar-refractivity contribution in [2.75, 3.05) is 11.1 Å². The second kappa shape index (κ2) is 4.97. The van der Waals surface area contributed by atoms with Crippen LogP contribution in [0.1, 0.15) is 18.5 Å². The highest BCUT2D eigenvalue weighted by atomic mass is 35.5. The first-order valence-corrected chi connectivity index (χ1v) is 5.48. The van der Waals surface area contributed by atoms with Crippen LogP contribution in [-0.4, -0.2) is 15.0 Å². The fraction of sp³-hybridized carbons (Fsp3) is 0.182. The van der Waals surface area contributed by atoms with E-state index < -0.39 is 0 Å². The van der Waals surface area contributed by atoms with Crippen LogP contribution in [-0.2, 0) is 0 Å². The highest BCUT2D eigenvalue weighted by Crippen LogP contribution is 2.26. The van der Waals surface area contributed by atoms with Gasteiger partial charge in [-0.15, -0.1) is 0 Å². The Morgan fingerprint density at radius 1 is 1.29 bits per heavy atom. The molecule has 0 fully saturated rings. The van der Waals surface area contributed by atoms with E-state index in [0.29, 0.717) is 10.8 Å². The lowest BCUT2D eigenvalue weighted by Gasteiger charge is -2.15. The lowest BCUT2D eigenvalue weighted by molar-refractivity contribution is 0.869. The quantitative estimate of drug-likeness (QED) is 0.873. The van der Waals surface area contributed by atoms with Gasteiger partial charge >= 0.3 is 0 Å². The zero-order chi connectivity index (χ0) is 12.3. The number of nitrogens with zero attached hydrogens (tertiary/aromatic N) is 3. The third-order valence-corrected chi connectivity index (χ3v) is 2.75. The lowest BCUT2D eigenvalue weighted by atomic mass is 10.1. The van der Waals surface area contributed by atoms with Gasteiger partial charge in [0, 0.05) is 12.4 Å². The van der Waals surface area contributed by atoms with Crippen LogP contribution in [0, 0.1) is 0 Å². The van der Waals surface area contributed by atoms with Gasteiger partial charge in [0.05, 0.1) is 6.04 Å². The highest BCUT2D eigenvalue weighted by molar-refractivity contribution is 6.35. The van der Waals surface area contributed by atoms with Crippen LogP contribution in [0.2, 0.25) is 5.02 Å². The Balaban J connectivity index is 2.19. The highest BCUT2D eigenvalue weighted by Gasteiger charge is 2.10. The van der Waals surface area contributed by atoms with Crippen molar-refractivity contribution in [2.24, 2.45) is 0 Å². The molecule has 6 heteroatoms. The van der Waals surface area contributed by atoms with Gasteiger partial charge in [0.15, 0.2) is 5.82 Å². The van der Waals surface area contributed by atoms with Crippen LogP contribution in [0.3, 0.4) is 0 Å². The summed E-state index contributed by atoms with van der Waals surface area (Å²) in [5.41, 5.74) is 6.69. The molecule has 0 amide bonds. The van der Waals surface area contributed by atoms with Crippen LogP contribution < -0.4 is 11.1 Å². The smallest absolute Gasteiger partial charge is 0.150 e. The standard InChI is InChI=1S/C11H12ClN5/c1-7(8-2-4-14-5-3-8)17-11-9(12)10(13)15-6-16-11/h2-7H,1H3,(H3,13,15,16,17)/t7-/m1/s1. The van der Waals surface area contributed by atoms with Crippen molar-refractivity contribution in [3.63, 3.8) is 0 Å². The van der Waals surface area contributed by atoms with E-state index in [1.165, 1.54) is 6.33 Å². The molecule has 0 bridgehead atoms. The van der Waals surface area contributed by atoms with Crippen molar-refractivity contribution in [1.82, 2.24) is 15.0 Å². The van der Waals surface area contributed by atoms with Gasteiger partial charge < -0.3 is 11.1 Å². The fourth-order valence-electron chi connectivity index (χ4n) is 1.42. The molecule has 17 heavy (non-hydrogen) atoms. The van der Waals surface area contributed by atoms with Crippen molar-refractivity contribution in [1.29, 1.82) is 0 Å². The number of hydrogen-bond acceptors (Lipinski definition) is 5. The Labute approximate surface area is 104 Å². The maximum Gasteiger partial charge on any atom is 0.150 e.